The lowest BCUT2D eigenvalue weighted by molar-refractivity contribution is -0.385. The second kappa shape index (κ2) is 4.50. The summed E-state index contributed by atoms with van der Waals surface area (Å²) in [5, 5.41) is 11.1. The minimum absolute atomic E-state index is 0.156. The van der Waals surface area contributed by atoms with E-state index < -0.39 is 10.7 Å². The summed E-state index contributed by atoms with van der Waals surface area (Å²) in [6.45, 7) is 1.74. The van der Waals surface area contributed by atoms with Crippen molar-refractivity contribution in [1.29, 1.82) is 0 Å². The molecular weight excluding hydrogens is 253 g/mol. The number of nitro benzene ring substituents is 1. The largest absolute Gasteiger partial charge is 0.275 e. The van der Waals surface area contributed by atoms with Crippen LogP contribution in [0.4, 0.5) is 10.1 Å². The van der Waals surface area contributed by atoms with E-state index in [1.54, 1.807) is 6.92 Å². The second-order valence-electron chi connectivity index (χ2n) is 2.99. The Labute approximate surface area is 89.2 Å². The van der Waals surface area contributed by atoms with Crippen LogP contribution in [0.15, 0.2) is 18.2 Å². The Hall–Kier alpha value is -0.970. The summed E-state index contributed by atoms with van der Waals surface area (Å²) in [5.41, 5.74) is 0.00586. The molecule has 3 nitrogen and oxygen atoms in total. The molecule has 0 saturated heterocycles. The maximum Gasteiger partial charge on any atom is 0.275 e. The molecule has 5 heteroatoms. The summed E-state index contributed by atoms with van der Waals surface area (Å²) >= 11 is 3.18. The van der Waals surface area contributed by atoms with Crippen LogP contribution in [0.25, 0.3) is 0 Å². The highest BCUT2D eigenvalue weighted by molar-refractivity contribution is 9.09. The van der Waals surface area contributed by atoms with Crippen LogP contribution in [0.5, 0.6) is 0 Å². The summed E-state index contributed by atoms with van der Waals surface area (Å²) in [4.78, 5) is 10.1. The monoisotopic (exact) mass is 261 g/mol. The van der Waals surface area contributed by atoms with Crippen molar-refractivity contribution in [1.82, 2.24) is 0 Å². The van der Waals surface area contributed by atoms with Gasteiger partial charge in [0, 0.05) is 17.3 Å². The summed E-state index contributed by atoms with van der Waals surface area (Å²) in [6.07, 6.45) is 0. The fourth-order valence-corrected chi connectivity index (χ4v) is 1.57. The van der Waals surface area contributed by atoms with Crippen molar-refractivity contribution in [2.45, 2.75) is 12.8 Å². The topological polar surface area (TPSA) is 43.1 Å². The molecule has 0 aliphatic carbocycles. The number of hydrogen-bond acceptors (Lipinski definition) is 2. The first kappa shape index (κ1) is 11.1. The van der Waals surface area contributed by atoms with Crippen LogP contribution in [-0.4, -0.2) is 10.3 Å². The fraction of sp³-hybridized carbons (Fsp3) is 0.333. The van der Waals surface area contributed by atoms with Gasteiger partial charge in [-0.1, -0.05) is 28.9 Å². The van der Waals surface area contributed by atoms with Gasteiger partial charge in [-0.3, -0.25) is 10.1 Å². The molecule has 0 radical (unpaired) electrons. The van der Waals surface area contributed by atoms with Crippen molar-refractivity contribution < 1.29 is 9.31 Å². The summed E-state index contributed by atoms with van der Waals surface area (Å²) in [7, 11) is 0. The predicted molar refractivity (Wildman–Crippen MR) is 55.3 cm³/mol. The van der Waals surface area contributed by atoms with Crippen LogP contribution >= 0.6 is 15.9 Å². The van der Waals surface area contributed by atoms with Crippen LogP contribution < -0.4 is 0 Å². The molecule has 0 aromatic heterocycles. The molecule has 0 spiro atoms. The van der Waals surface area contributed by atoms with Gasteiger partial charge in [0.2, 0.25) is 0 Å². The fourth-order valence-electron chi connectivity index (χ4n) is 1.25. The molecule has 0 heterocycles. The van der Waals surface area contributed by atoms with Gasteiger partial charge in [-0.2, -0.15) is 0 Å². The molecule has 1 aromatic carbocycles. The summed E-state index contributed by atoms with van der Waals surface area (Å²) in [6, 6.07) is 3.90. The zero-order valence-electron chi connectivity index (χ0n) is 7.54. The predicted octanol–water partition coefficient (Wildman–Crippen LogP) is 3.23. The van der Waals surface area contributed by atoms with Crippen molar-refractivity contribution in [3.8, 4) is 0 Å². The molecule has 0 aliphatic heterocycles. The van der Waals surface area contributed by atoms with E-state index in [1.165, 1.54) is 18.2 Å². The Kier molecular flexibility index (Phi) is 3.57. The molecule has 1 atom stereocenters. The molecule has 0 fully saturated rings. The smallest absolute Gasteiger partial charge is 0.258 e. The normalized spacial score (nSPS) is 12.5. The van der Waals surface area contributed by atoms with E-state index >= 15 is 0 Å². The molecule has 1 aromatic rings. The van der Waals surface area contributed by atoms with Gasteiger partial charge in [-0.05, 0) is 6.07 Å². The van der Waals surface area contributed by atoms with E-state index in [1.807, 2.05) is 0 Å². The Morgan fingerprint density at radius 3 is 2.79 bits per heavy atom. The van der Waals surface area contributed by atoms with Gasteiger partial charge >= 0.3 is 0 Å². The van der Waals surface area contributed by atoms with E-state index in [9.17, 15) is 14.5 Å². The SMILES string of the molecule is CC(CBr)c1c(F)cccc1[N+](=O)[O-]. The van der Waals surface area contributed by atoms with Crippen LogP contribution in [0.1, 0.15) is 18.4 Å². The van der Waals surface area contributed by atoms with Crippen molar-refractivity contribution in [3.05, 3.63) is 39.7 Å². The van der Waals surface area contributed by atoms with Gasteiger partial charge in [0.25, 0.3) is 5.69 Å². The molecule has 0 aliphatic rings. The van der Waals surface area contributed by atoms with Crippen LogP contribution in [0.3, 0.4) is 0 Å². The van der Waals surface area contributed by atoms with E-state index in [0.29, 0.717) is 5.33 Å². The van der Waals surface area contributed by atoms with E-state index in [0.717, 1.165) is 0 Å². The third kappa shape index (κ3) is 2.09. The lowest BCUT2D eigenvalue weighted by Crippen LogP contribution is -2.03. The van der Waals surface area contributed by atoms with Gasteiger partial charge in [0.1, 0.15) is 5.82 Å². The number of halogens is 2. The Bertz CT molecular complexity index is 357. The molecule has 0 saturated carbocycles. The average molecular weight is 262 g/mol. The number of benzene rings is 1. The number of alkyl halides is 1. The number of nitrogens with zero attached hydrogens (tertiary/aromatic N) is 1. The molecule has 0 N–H and O–H groups in total. The minimum atomic E-state index is -0.558. The van der Waals surface area contributed by atoms with E-state index in [2.05, 4.69) is 15.9 Å². The van der Waals surface area contributed by atoms with Crippen LogP contribution in [0.2, 0.25) is 0 Å². The van der Waals surface area contributed by atoms with Gasteiger partial charge in [0.15, 0.2) is 0 Å². The van der Waals surface area contributed by atoms with Gasteiger partial charge in [-0.15, -0.1) is 0 Å². The zero-order valence-corrected chi connectivity index (χ0v) is 9.12. The standard InChI is InChI=1S/C9H9BrFNO2/c1-6(5-10)9-7(11)3-2-4-8(9)12(13)14/h2-4,6H,5H2,1H3. The Morgan fingerprint density at radius 2 is 2.29 bits per heavy atom. The van der Waals surface area contributed by atoms with E-state index in [-0.39, 0.29) is 17.2 Å². The molecule has 1 rings (SSSR count). The van der Waals surface area contributed by atoms with Gasteiger partial charge in [-0.25, -0.2) is 4.39 Å². The number of hydrogen-bond donors (Lipinski definition) is 0. The molecule has 14 heavy (non-hydrogen) atoms. The van der Waals surface area contributed by atoms with Crippen molar-refractivity contribution in [3.63, 3.8) is 0 Å². The average Bonchev–Trinajstić information content (AvgIpc) is 2.16. The highest BCUT2D eigenvalue weighted by atomic mass is 79.9. The maximum absolute atomic E-state index is 13.3. The lowest BCUT2D eigenvalue weighted by Gasteiger charge is -2.09. The van der Waals surface area contributed by atoms with Crippen molar-refractivity contribution >= 4 is 21.6 Å². The quantitative estimate of drug-likeness (QED) is 0.476. The van der Waals surface area contributed by atoms with E-state index in [4.69, 9.17) is 0 Å². The lowest BCUT2D eigenvalue weighted by atomic mass is 10.0. The van der Waals surface area contributed by atoms with Gasteiger partial charge in [0.05, 0.1) is 10.5 Å². The molecule has 1 unspecified atom stereocenters. The minimum Gasteiger partial charge on any atom is -0.258 e. The summed E-state index contributed by atoms with van der Waals surface area (Å²) in [5.74, 6) is -0.734. The number of nitro groups is 1. The zero-order chi connectivity index (χ0) is 10.7. The number of rotatable bonds is 3. The Balaban J connectivity index is 3.29. The third-order valence-corrected chi connectivity index (χ3v) is 2.92. The summed E-state index contributed by atoms with van der Waals surface area (Å²) < 4.78 is 13.3. The van der Waals surface area contributed by atoms with Crippen LogP contribution in [0, 0.1) is 15.9 Å². The first-order valence-electron chi connectivity index (χ1n) is 4.06. The maximum atomic E-state index is 13.3. The van der Waals surface area contributed by atoms with Gasteiger partial charge < -0.3 is 0 Å². The van der Waals surface area contributed by atoms with Crippen LogP contribution in [-0.2, 0) is 0 Å². The first-order valence-corrected chi connectivity index (χ1v) is 5.18. The highest BCUT2D eigenvalue weighted by Crippen LogP contribution is 2.29. The second-order valence-corrected chi connectivity index (χ2v) is 3.63. The third-order valence-electron chi connectivity index (χ3n) is 1.95. The molecule has 0 amide bonds. The Morgan fingerprint density at radius 1 is 1.64 bits per heavy atom. The molecule has 76 valence electrons. The van der Waals surface area contributed by atoms with Crippen molar-refractivity contribution in [2.24, 2.45) is 0 Å². The molecule has 0 bridgehead atoms. The van der Waals surface area contributed by atoms with Crippen molar-refractivity contribution in [2.75, 3.05) is 5.33 Å². The molecular formula is C9H9BrFNO2. The first-order chi connectivity index (χ1) is 6.57. The highest BCUT2D eigenvalue weighted by Gasteiger charge is 2.21.